The van der Waals surface area contributed by atoms with Crippen LogP contribution in [0, 0.1) is 0 Å². The number of allylic oxidation sites excluding steroid dienone is 1. The second kappa shape index (κ2) is 4.61. The quantitative estimate of drug-likeness (QED) is 0.834. The molecule has 2 aromatic carbocycles. The first-order valence-corrected chi connectivity index (χ1v) is 6.10. The molecule has 1 heterocycles. The van der Waals surface area contributed by atoms with Crippen LogP contribution < -0.4 is 4.90 Å². The van der Waals surface area contributed by atoms with Gasteiger partial charge in [0.2, 0.25) is 5.88 Å². The molecule has 0 unspecified atom stereocenters. The first-order chi connectivity index (χ1) is 9.31. The van der Waals surface area contributed by atoms with Crippen molar-refractivity contribution < 1.29 is 9.90 Å². The summed E-state index contributed by atoms with van der Waals surface area (Å²) in [4.78, 5) is 13.0. The lowest BCUT2D eigenvalue weighted by atomic mass is 9.96. The number of rotatable bonds is 2. The fourth-order valence-corrected chi connectivity index (χ4v) is 2.37. The summed E-state index contributed by atoms with van der Waals surface area (Å²) in [6.07, 6.45) is 0.712. The van der Waals surface area contributed by atoms with Gasteiger partial charge in [-0.05, 0) is 23.3 Å². The fourth-order valence-electron chi connectivity index (χ4n) is 2.37. The number of anilines is 1. The number of nitrogens with zero attached hydrogens (tertiary/aromatic N) is 1. The van der Waals surface area contributed by atoms with Gasteiger partial charge in [-0.2, -0.15) is 0 Å². The number of aliphatic hydroxyl groups excluding tert-OH is 1. The molecule has 0 aliphatic carbocycles. The first-order valence-electron chi connectivity index (χ1n) is 6.10. The smallest absolute Gasteiger partial charge is 0.203 e. The van der Waals surface area contributed by atoms with Gasteiger partial charge in [0.15, 0.2) is 6.29 Å². The molecule has 0 amide bonds. The van der Waals surface area contributed by atoms with E-state index in [-0.39, 0.29) is 5.88 Å². The Hall–Kier alpha value is -2.55. The Kier molecular flexibility index (Phi) is 2.80. The number of aldehydes is 1. The van der Waals surface area contributed by atoms with Crippen molar-refractivity contribution in [2.45, 2.75) is 6.54 Å². The molecule has 0 radical (unpaired) electrons. The minimum absolute atomic E-state index is 0.0138. The van der Waals surface area contributed by atoms with E-state index in [1.54, 1.807) is 4.90 Å². The van der Waals surface area contributed by atoms with Gasteiger partial charge in [0.1, 0.15) is 0 Å². The van der Waals surface area contributed by atoms with Crippen LogP contribution >= 0.6 is 0 Å². The minimum atomic E-state index is 0.0138. The molecule has 3 rings (SSSR count). The molecule has 3 heteroatoms. The molecule has 0 bridgehead atoms. The van der Waals surface area contributed by atoms with Crippen LogP contribution in [0.5, 0.6) is 0 Å². The summed E-state index contributed by atoms with van der Waals surface area (Å²) in [5.41, 5.74) is 3.05. The van der Waals surface area contributed by atoms with Gasteiger partial charge in [-0.15, -0.1) is 0 Å². The lowest BCUT2D eigenvalue weighted by Crippen LogP contribution is -2.27. The van der Waals surface area contributed by atoms with Gasteiger partial charge in [0.05, 0.1) is 12.1 Å². The van der Waals surface area contributed by atoms with Crippen molar-refractivity contribution in [3.63, 3.8) is 0 Å². The van der Waals surface area contributed by atoms with Gasteiger partial charge in [-0.3, -0.25) is 4.79 Å². The average Bonchev–Trinajstić information content (AvgIpc) is 2.47. The normalized spacial score (nSPS) is 14.2. The molecule has 0 atom stereocenters. The third kappa shape index (κ3) is 1.89. The second-order valence-electron chi connectivity index (χ2n) is 4.43. The molecule has 1 N–H and O–H groups in total. The van der Waals surface area contributed by atoms with E-state index in [0.717, 1.165) is 16.8 Å². The lowest BCUT2D eigenvalue weighted by Gasteiger charge is -2.30. The largest absolute Gasteiger partial charge is 0.494 e. The maximum atomic E-state index is 11.3. The van der Waals surface area contributed by atoms with Gasteiger partial charge in [-0.25, -0.2) is 0 Å². The Bertz CT molecular complexity index is 647. The van der Waals surface area contributed by atoms with Crippen LogP contribution in [0.15, 0.2) is 60.5 Å². The van der Waals surface area contributed by atoms with Gasteiger partial charge in [0.25, 0.3) is 0 Å². The Labute approximate surface area is 111 Å². The summed E-state index contributed by atoms with van der Waals surface area (Å²) in [6, 6.07) is 17.2. The number of hydrogen-bond acceptors (Lipinski definition) is 3. The van der Waals surface area contributed by atoms with E-state index in [1.807, 2.05) is 54.6 Å². The molecule has 0 saturated carbocycles. The van der Waals surface area contributed by atoms with Crippen molar-refractivity contribution in [3.8, 4) is 0 Å². The van der Waals surface area contributed by atoms with Gasteiger partial charge >= 0.3 is 0 Å². The lowest BCUT2D eigenvalue weighted by molar-refractivity contribution is -0.103. The molecule has 0 fully saturated rings. The summed E-state index contributed by atoms with van der Waals surface area (Å²) >= 11 is 0. The van der Waals surface area contributed by atoms with Gasteiger partial charge in [0, 0.05) is 5.69 Å². The topological polar surface area (TPSA) is 40.5 Å². The summed E-state index contributed by atoms with van der Waals surface area (Å²) in [5.74, 6) is 0.0138. The Morgan fingerprint density at radius 1 is 1.00 bits per heavy atom. The average molecular weight is 251 g/mol. The van der Waals surface area contributed by atoms with E-state index in [4.69, 9.17) is 0 Å². The zero-order valence-corrected chi connectivity index (χ0v) is 10.3. The zero-order valence-electron chi connectivity index (χ0n) is 10.3. The Morgan fingerprint density at radius 2 is 1.68 bits per heavy atom. The second-order valence-corrected chi connectivity index (χ2v) is 4.43. The maximum absolute atomic E-state index is 11.3. The van der Waals surface area contributed by atoms with E-state index in [1.165, 1.54) is 0 Å². The van der Waals surface area contributed by atoms with Crippen molar-refractivity contribution in [3.05, 3.63) is 71.6 Å². The Balaban J connectivity index is 2.15. The van der Waals surface area contributed by atoms with Crippen LogP contribution in [0.2, 0.25) is 0 Å². The first kappa shape index (κ1) is 11.5. The third-order valence-corrected chi connectivity index (χ3v) is 3.32. The molecule has 0 aromatic heterocycles. The molecular weight excluding hydrogens is 238 g/mol. The number of para-hydroxylation sites is 1. The zero-order chi connectivity index (χ0) is 13.2. The molecule has 0 spiro atoms. The highest BCUT2D eigenvalue weighted by molar-refractivity contribution is 6.09. The molecule has 94 valence electrons. The van der Waals surface area contributed by atoms with E-state index >= 15 is 0 Å². The number of hydrogen-bond donors (Lipinski definition) is 1. The van der Waals surface area contributed by atoms with Crippen LogP contribution in [0.25, 0.3) is 5.57 Å². The van der Waals surface area contributed by atoms with Crippen LogP contribution in [-0.4, -0.2) is 11.4 Å². The van der Waals surface area contributed by atoms with Crippen molar-refractivity contribution in [2.24, 2.45) is 0 Å². The van der Waals surface area contributed by atoms with E-state index in [9.17, 15) is 9.90 Å². The van der Waals surface area contributed by atoms with Crippen molar-refractivity contribution >= 4 is 17.5 Å². The number of carbonyl (C=O) groups excluding carboxylic acids is 1. The molecular formula is C16H13NO2. The number of aliphatic hydroxyl groups is 1. The summed E-state index contributed by atoms with van der Waals surface area (Å²) in [5, 5.41) is 10.3. The minimum Gasteiger partial charge on any atom is -0.494 e. The van der Waals surface area contributed by atoms with E-state index in [0.29, 0.717) is 18.4 Å². The monoisotopic (exact) mass is 251 g/mol. The summed E-state index contributed by atoms with van der Waals surface area (Å²) < 4.78 is 0. The van der Waals surface area contributed by atoms with E-state index < -0.39 is 0 Å². The predicted octanol–water partition coefficient (Wildman–Crippen LogP) is 3.13. The summed E-state index contributed by atoms with van der Waals surface area (Å²) in [7, 11) is 0. The third-order valence-electron chi connectivity index (χ3n) is 3.32. The van der Waals surface area contributed by atoms with Crippen molar-refractivity contribution in [2.75, 3.05) is 4.90 Å². The molecule has 3 nitrogen and oxygen atoms in total. The molecule has 19 heavy (non-hydrogen) atoms. The van der Waals surface area contributed by atoms with Gasteiger partial charge < -0.3 is 10.0 Å². The highest BCUT2D eigenvalue weighted by Crippen LogP contribution is 2.32. The molecule has 2 aromatic rings. The van der Waals surface area contributed by atoms with Crippen LogP contribution in [0.4, 0.5) is 5.69 Å². The van der Waals surface area contributed by atoms with Crippen molar-refractivity contribution in [1.82, 2.24) is 0 Å². The molecule has 0 saturated heterocycles. The van der Waals surface area contributed by atoms with E-state index in [2.05, 4.69) is 0 Å². The predicted molar refractivity (Wildman–Crippen MR) is 74.7 cm³/mol. The fraction of sp³-hybridized carbons (Fsp3) is 0.0625. The highest BCUT2D eigenvalue weighted by atomic mass is 16.3. The van der Waals surface area contributed by atoms with Gasteiger partial charge in [-0.1, -0.05) is 42.5 Å². The van der Waals surface area contributed by atoms with Crippen LogP contribution in [-0.2, 0) is 11.3 Å². The Morgan fingerprint density at radius 3 is 2.42 bits per heavy atom. The maximum Gasteiger partial charge on any atom is 0.203 e. The van der Waals surface area contributed by atoms with Crippen LogP contribution in [0.1, 0.15) is 11.1 Å². The van der Waals surface area contributed by atoms with Crippen LogP contribution in [0.3, 0.4) is 0 Å². The standard InChI is InChI=1S/C16H13NO2/c18-11-15-14-9-5-4-6-12(14)10-17(16(15)19)13-7-2-1-3-8-13/h1-9,11,19H,10H2. The van der Waals surface area contributed by atoms with Crippen molar-refractivity contribution in [1.29, 1.82) is 0 Å². The SMILES string of the molecule is O=CC1=C(O)N(c2ccccc2)Cc2ccccc21. The molecule has 1 aliphatic rings. The molecule has 1 aliphatic heterocycles. The number of fused-ring (bicyclic) bond motifs is 1. The summed E-state index contributed by atoms with van der Waals surface area (Å²) in [6.45, 7) is 0.559. The number of carbonyl (C=O) groups is 1. The number of benzene rings is 2. The highest BCUT2D eigenvalue weighted by Gasteiger charge is 2.24.